The first kappa shape index (κ1) is 25.7. The Morgan fingerprint density at radius 2 is 2.11 bits per heavy atom. The number of amides is 1. The monoisotopic (exact) mass is 494 g/mol. The van der Waals surface area contributed by atoms with Gasteiger partial charge in [-0.25, -0.2) is 9.78 Å². The second kappa shape index (κ2) is 12.0. The molecule has 0 saturated carbocycles. The number of rotatable bonds is 11. The van der Waals surface area contributed by atoms with Crippen LogP contribution in [0.3, 0.4) is 0 Å². The fourth-order valence-electron chi connectivity index (χ4n) is 4.56. The molecular weight excluding hydrogens is 460 g/mol. The summed E-state index contributed by atoms with van der Waals surface area (Å²) in [5.74, 6) is -0.993. The molecule has 1 saturated heterocycles. The van der Waals surface area contributed by atoms with E-state index in [2.05, 4.69) is 27.8 Å². The van der Waals surface area contributed by atoms with Crippen LogP contribution in [0.25, 0.3) is 11.0 Å². The molecule has 0 spiro atoms. The molecule has 3 N–H and O–H groups in total. The van der Waals surface area contributed by atoms with Gasteiger partial charge in [0.15, 0.2) is 5.69 Å². The number of aliphatic hydroxyl groups excluding tert-OH is 1. The van der Waals surface area contributed by atoms with Gasteiger partial charge in [0, 0.05) is 31.2 Å². The highest BCUT2D eigenvalue weighted by Crippen LogP contribution is 2.34. The van der Waals surface area contributed by atoms with Gasteiger partial charge in [-0.05, 0) is 44.2 Å². The summed E-state index contributed by atoms with van der Waals surface area (Å²) in [5, 5.41) is 16.2. The first-order valence-electron chi connectivity index (χ1n) is 12.4. The topological polar surface area (TPSA) is 115 Å². The molecule has 0 aliphatic carbocycles. The smallest absolute Gasteiger partial charge is 0.356 e. The summed E-state index contributed by atoms with van der Waals surface area (Å²) in [5.41, 5.74) is 3.23. The van der Waals surface area contributed by atoms with Gasteiger partial charge in [-0.3, -0.25) is 4.79 Å². The average Bonchev–Trinajstić information content (AvgIpc) is 3.52. The Hall–Kier alpha value is -3.43. The summed E-state index contributed by atoms with van der Waals surface area (Å²) in [6.07, 6.45) is 4.54. The molecule has 4 rings (SSSR count). The lowest BCUT2D eigenvalue weighted by Gasteiger charge is -2.14. The fraction of sp³-hybridized carbons (Fsp3) is 0.444. The van der Waals surface area contributed by atoms with Crippen molar-refractivity contribution in [3.8, 4) is 0 Å². The molecule has 9 heteroatoms. The Bertz CT molecular complexity index is 1190. The molecule has 2 aromatic heterocycles. The highest BCUT2D eigenvalue weighted by molar-refractivity contribution is 6.11. The molecule has 9 nitrogen and oxygen atoms in total. The number of carbonyl (C=O) groups is 2. The minimum atomic E-state index is -0.533. The average molecular weight is 495 g/mol. The lowest BCUT2D eigenvalue weighted by atomic mass is 10.1. The maximum Gasteiger partial charge on any atom is 0.356 e. The Balaban J connectivity index is 1.73. The highest BCUT2D eigenvalue weighted by Gasteiger charge is 2.29. The van der Waals surface area contributed by atoms with Gasteiger partial charge in [-0.1, -0.05) is 30.3 Å². The number of aromatic nitrogens is 2. The fourth-order valence-corrected chi connectivity index (χ4v) is 4.56. The number of aliphatic hydroxyl groups is 1. The summed E-state index contributed by atoms with van der Waals surface area (Å²) in [7, 11) is 1.34. The molecule has 0 unspecified atom stereocenters. The Morgan fingerprint density at radius 1 is 1.31 bits per heavy atom. The molecule has 0 bridgehead atoms. The van der Waals surface area contributed by atoms with Crippen LogP contribution in [0.4, 0.5) is 11.4 Å². The molecule has 1 aliphatic rings. The van der Waals surface area contributed by atoms with Crippen molar-refractivity contribution < 1.29 is 24.2 Å². The standard InChI is InChI=1S/C27H34N4O5/c1-18(10-13-32)29-21-15-22-23(30-26(33)20-11-14-36-17-20)24(27(34)35-2)31(25(22)28-16-21)12-6-9-19-7-4-3-5-8-19/h3-5,7-8,15-16,18,20,29,32H,6,9-14,17H2,1-2H3,(H,30,33)/t18-,20+/m1/s1. The molecule has 2 atom stereocenters. The van der Waals surface area contributed by atoms with Gasteiger partial charge in [0.25, 0.3) is 0 Å². The molecule has 1 aromatic carbocycles. The molecule has 3 aromatic rings. The SMILES string of the molecule is COC(=O)c1c(NC(=O)[C@H]2CCOC2)c2cc(N[C@H](C)CCO)cnc2n1CCCc1ccccc1. The van der Waals surface area contributed by atoms with E-state index in [1.54, 1.807) is 6.20 Å². The molecule has 1 fully saturated rings. The maximum absolute atomic E-state index is 13.1. The number of aryl methyl sites for hydroxylation is 2. The van der Waals surface area contributed by atoms with Gasteiger partial charge >= 0.3 is 5.97 Å². The van der Waals surface area contributed by atoms with Gasteiger partial charge in [0.05, 0.1) is 37.2 Å². The van der Waals surface area contributed by atoms with Crippen LogP contribution < -0.4 is 10.6 Å². The minimum absolute atomic E-state index is 0.0240. The van der Waals surface area contributed by atoms with E-state index in [1.807, 2.05) is 35.8 Å². The van der Waals surface area contributed by atoms with Gasteiger partial charge in [0.2, 0.25) is 5.91 Å². The second-order valence-electron chi connectivity index (χ2n) is 9.16. The number of methoxy groups -OCH3 is 1. The Kier molecular flexibility index (Phi) is 8.56. The summed E-state index contributed by atoms with van der Waals surface area (Å²) in [6, 6.07) is 12.1. The van der Waals surface area contributed by atoms with Crippen LogP contribution in [-0.4, -0.2) is 59.5 Å². The van der Waals surface area contributed by atoms with E-state index in [4.69, 9.17) is 9.47 Å². The third kappa shape index (κ3) is 5.85. The number of esters is 1. The van der Waals surface area contributed by atoms with Gasteiger partial charge in [0.1, 0.15) is 5.65 Å². The predicted molar refractivity (Wildman–Crippen MR) is 138 cm³/mol. The molecule has 192 valence electrons. The maximum atomic E-state index is 13.1. The zero-order valence-electron chi connectivity index (χ0n) is 20.8. The first-order chi connectivity index (χ1) is 17.5. The summed E-state index contributed by atoms with van der Waals surface area (Å²) in [6.45, 7) is 3.47. The Morgan fingerprint density at radius 3 is 2.81 bits per heavy atom. The zero-order valence-corrected chi connectivity index (χ0v) is 20.8. The quantitative estimate of drug-likeness (QED) is 0.349. The van der Waals surface area contributed by atoms with E-state index in [9.17, 15) is 14.7 Å². The number of nitrogens with zero attached hydrogens (tertiary/aromatic N) is 2. The van der Waals surface area contributed by atoms with E-state index >= 15 is 0 Å². The van der Waals surface area contributed by atoms with Crippen molar-refractivity contribution in [3.05, 3.63) is 53.9 Å². The number of fused-ring (bicyclic) bond motifs is 1. The van der Waals surface area contributed by atoms with E-state index < -0.39 is 5.97 Å². The predicted octanol–water partition coefficient (Wildman–Crippen LogP) is 3.61. The number of benzene rings is 1. The normalized spacial score (nSPS) is 16.1. The van der Waals surface area contributed by atoms with E-state index in [0.29, 0.717) is 49.3 Å². The number of hydrogen-bond acceptors (Lipinski definition) is 7. The van der Waals surface area contributed by atoms with E-state index in [0.717, 1.165) is 18.5 Å². The van der Waals surface area contributed by atoms with Crippen LogP contribution in [0, 0.1) is 5.92 Å². The number of anilines is 2. The van der Waals surface area contributed by atoms with Gasteiger partial charge < -0.3 is 29.8 Å². The van der Waals surface area contributed by atoms with E-state index in [1.165, 1.54) is 12.7 Å². The van der Waals surface area contributed by atoms with Crippen LogP contribution in [0.5, 0.6) is 0 Å². The third-order valence-electron chi connectivity index (χ3n) is 6.49. The minimum Gasteiger partial charge on any atom is -0.464 e. The number of pyridine rings is 1. The second-order valence-corrected chi connectivity index (χ2v) is 9.16. The van der Waals surface area contributed by atoms with Crippen molar-refractivity contribution in [1.82, 2.24) is 9.55 Å². The number of nitrogens with one attached hydrogen (secondary N) is 2. The van der Waals surface area contributed by atoms with Crippen LogP contribution in [-0.2, 0) is 27.2 Å². The van der Waals surface area contributed by atoms with Crippen LogP contribution in [0.15, 0.2) is 42.6 Å². The van der Waals surface area contributed by atoms with Crippen molar-refractivity contribution >= 4 is 34.3 Å². The summed E-state index contributed by atoms with van der Waals surface area (Å²) in [4.78, 5) is 30.8. The number of carbonyl (C=O) groups excluding carboxylic acids is 2. The molecular formula is C27H34N4O5. The van der Waals surface area contributed by atoms with Crippen molar-refractivity contribution in [2.45, 2.75) is 45.2 Å². The van der Waals surface area contributed by atoms with Crippen molar-refractivity contribution in [3.63, 3.8) is 0 Å². The number of hydrogen-bond donors (Lipinski definition) is 3. The molecule has 0 radical (unpaired) electrons. The molecule has 36 heavy (non-hydrogen) atoms. The molecule has 3 heterocycles. The van der Waals surface area contributed by atoms with Crippen molar-refractivity contribution in [2.24, 2.45) is 5.92 Å². The van der Waals surface area contributed by atoms with Crippen molar-refractivity contribution in [2.75, 3.05) is 37.6 Å². The largest absolute Gasteiger partial charge is 0.464 e. The zero-order chi connectivity index (χ0) is 25.5. The third-order valence-corrected chi connectivity index (χ3v) is 6.49. The van der Waals surface area contributed by atoms with Crippen molar-refractivity contribution in [1.29, 1.82) is 0 Å². The van der Waals surface area contributed by atoms with Crippen LogP contribution in [0.1, 0.15) is 42.2 Å². The van der Waals surface area contributed by atoms with E-state index in [-0.39, 0.29) is 30.2 Å². The molecule has 1 aliphatic heterocycles. The lowest BCUT2D eigenvalue weighted by molar-refractivity contribution is -0.119. The van der Waals surface area contributed by atoms with Gasteiger partial charge in [-0.2, -0.15) is 0 Å². The molecule has 1 amide bonds. The van der Waals surface area contributed by atoms with Crippen LogP contribution >= 0.6 is 0 Å². The lowest BCUT2D eigenvalue weighted by Crippen LogP contribution is -2.24. The van der Waals surface area contributed by atoms with Gasteiger partial charge in [-0.15, -0.1) is 0 Å². The first-order valence-corrected chi connectivity index (χ1v) is 12.4. The Labute approximate surface area is 210 Å². The highest BCUT2D eigenvalue weighted by atomic mass is 16.5. The number of ether oxygens (including phenoxy) is 2. The summed E-state index contributed by atoms with van der Waals surface area (Å²) >= 11 is 0. The van der Waals surface area contributed by atoms with Crippen LogP contribution in [0.2, 0.25) is 0 Å². The summed E-state index contributed by atoms with van der Waals surface area (Å²) < 4.78 is 12.4.